The predicted molar refractivity (Wildman–Crippen MR) is 89.4 cm³/mol. The Kier molecular flexibility index (Phi) is 5.66. The van der Waals surface area contributed by atoms with E-state index in [0.29, 0.717) is 25.5 Å². The summed E-state index contributed by atoms with van der Waals surface area (Å²) in [6.07, 6.45) is 4.26. The Morgan fingerprint density at radius 2 is 2.30 bits per heavy atom. The zero-order chi connectivity index (χ0) is 15.9. The Morgan fingerprint density at radius 3 is 3.17 bits per heavy atom. The minimum atomic E-state index is 0.0546. The van der Waals surface area contributed by atoms with Gasteiger partial charge in [0.25, 0.3) is 0 Å². The van der Waals surface area contributed by atoms with Crippen LogP contribution in [-0.4, -0.2) is 43.9 Å². The highest BCUT2D eigenvalue weighted by molar-refractivity contribution is 5.88. The molecule has 0 radical (unpaired) electrons. The van der Waals surface area contributed by atoms with Gasteiger partial charge in [0, 0.05) is 42.8 Å². The van der Waals surface area contributed by atoms with Crippen molar-refractivity contribution in [2.75, 3.05) is 33.0 Å². The van der Waals surface area contributed by atoms with Crippen molar-refractivity contribution in [2.45, 2.75) is 19.3 Å². The van der Waals surface area contributed by atoms with Gasteiger partial charge in [-0.1, -0.05) is 18.2 Å². The Bertz CT molecular complexity index is 632. The normalized spacial score (nSPS) is 17.7. The molecule has 1 unspecified atom stereocenters. The Hall–Kier alpha value is -1.85. The first kappa shape index (κ1) is 16.0. The Morgan fingerprint density at radius 1 is 1.39 bits per heavy atom. The fourth-order valence-corrected chi connectivity index (χ4v) is 2.88. The molecule has 1 atom stereocenters. The molecule has 1 aliphatic rings. The zero-order valence-corrected chi connectivity index (χ0v) is 13.3. The molecule has 1 fully saturated rings. The van der Waals surface area contributed by atoms with Crippen LogP contribution < -0.4 is 5.32 Å². The molecule has 2 aromatic rings. The number of aromatic amines is 1. The van der Waals surface area contributed by atoms with Gasteiger partial charge < -0.3 is 19.8 Å². The van der Waals surface area contributed by atoms with Gasteiger partial charge in [-0.2, -0.15) is 0 Å². The van der Waals surface area contributed by atoms with Crippen LogP contribution in [0.4, 0.5) is 0 Å². The molecule has 3 rings (SSSR count). The number of H-pyrrole nitrogens is 1. The first-order chi connectivity index (χ1) is 11.3. The van der Waals surface area contributed by atoms with Crippen molar-refractivity contribution in [1.82, 2.24) is 10.3 Å². The number of nitrogens with one attached hydrogen (secondary N) is 2. The molecule has 1 amide bonds. The summed E-state index contributed by atoms with van der Waals surface area (Å²) in [6, 6.07) is 8.03. The van der Waals surface area contributed by atoms with E-state index in [9.17, 15) is 4.79 Å². The summed E-state index contributed by atoms with van der Waals surface area (Å²) in [5, 5.41) is 4.07. The van der Waals surface area contributed by atoms with Crippen LogP contribution in [0.1, 0.15) is 18.4 Å². The molecule has 1 aromatic heterocycles. The van der Waals surface area contributed by atoms with Crippen LogP contribution in [-0.2, 0) is 20.7 Å². The lowest BCUT2D eigenvalue weighted by Crippen LogP contribution is -2.27. The third-order valence-electron chi connectivity index (χ3n) is 4.19. The van der Waals surface area contributed by atoms with E-state index in [1.165, 1.54) is 0 Å². The van der Waals surface area contributed by atoms with Crippen LogP contribution in [0.2, 0.25) is 0 Å². The zero-order valence-electron chi connectivity index (χ0n) is 13.3. The monoisotopic (exact) mass is 316 g/mol. The molecular weight excluding hydrogens is 292 g/mol. The maximum atomic E-state index is 12.0. The van der Waals surface area contributed by atoms with Crippen LogP contribution in [0.15, 0.2) is 30.5 Å². The van der Waals surface area contributed by atoms with E-state index < -0.39 is 0 Å². The van der Waals surface area contributed by atoms with Crippen molar-refractivity contribution >= 4 is 16.8 Å². The third kappa shape index (κ3) is 4.56. The summed E-state index contributed by atoms with van der Waals surface area (Å²) in [7, 11) is 0. The molecule has 2 heterocycles. The molecule has 1 aromatic carbocycles. The minimum Gasteiger partial charge on any atom is -0.381 e. The number of fused-ring (bicyclic) bond motifs is 1. The number of para-hydroxylation sites is 1. The van der Waals surface area contributed by atoms with Gasteiger partial charge in [-0.05, 0) is 24.5 Å². The van der Waals surface area contributed by atoms with Crippen LogP contribution in [0.3, 0.4) is 0 Å². The third-order valence-corrected chi connectivity index (χ3v) is 4.19. The van der Waals surface area contributed by atoms with Gasteiger partial charge in [-0.3, -0.25) is 4.79 Å². The molecular formula is C18H24N2O3. The average molecular weight is 316 g/mol. The van der Waals surface area contributed by atoms with Gasteiger partial charge >= 0.3 is 0 Å². The van der Waals surface area contributed by atoms with Crippen molar-refractivity contribution in [3.05, 3.63) is 36.0 Å². The van der Waals surface area contributed by atoms with E-state index in [1.54, 1.807) is 0 Å². The molecule has 0 bridgehead atoms. The lowest BCUT2D eigenvalue weighted by molar-refractivity contribution is -0.120. The van der Waals surface area contributed by atoms with Crippen molar-refractivity contribution in [2.24, 2.45) is 5.92 Å². The number of hydrogen-bond acceptors (Lipinski definition) is 3. The van der Waals surface area contributed by atoms with Crippen LogP contribution >= 0.6 is 0 Å². The van der Waals surface area contributed by atoms with Gasteiger partial charge in [-0.25, -0.2) is 0 Å². The fraction of sp³-hybridized carbons (Fsp3) is 0.500. The number of ether oxygens (including phenoxy) is 2. The van der Waals surface area contributed by atoms with E-state index in [2.05, 4.69) is 10.3 Å². The van der Waals surface area contributed by atoms with Crippen molar-refractivity contribution in [3.63, 3.8) is 0 Å². The van der Waals surface area contributed by atoms with Gasteiger partial charge in [0.2, 0.25) is 5.91 Å². The second-order valence-corrected chi connectivity index (χ2v) is 6.04. The lowest BCUT2D eigenvalue weighted by atomic mass is 10.1. The lowest BCUT2D eigenvalue weighted by Gasteiger charge is -2.09. The summed E-state index contributed by atoms with van der Waals surface area (Å²) in [4.78, 5) is 15.2. The van der Waals surface area contributed by atoms with E-state index >= 15 is 0 Å². The molecule has 2 N–H and O–H groups in total. The highest BCUT2D eigenvalue weighted by Gasteiger charge is 2.15. The van der Waals surface area contributed by atoms with Gasteiger partial charge in [0.15, 0.2) is 0 Å². The Balaban J connectivity index is 1.32. The average Bonchev–Trinajstić information content (AvgIpc) is 3.21. The highest BCUT2D eigenvalue weighted by Crippen LogP contribution is 2.17. The minimum absolute atomic E-state index is 0.0546. The topological polar surface area (TPSA) is 63.4 Å². The van der Waals surface area contributed by atoms with Crippen molar-refractivity contribution in [3.8, 4) is 0 Å². The molecule has 0 aliphatic carbocycles. The largest absolute Gasteiger partial charge is 0.381 e. The van der Waals surface area contributed by atoms with Crippen molar-refractivity contribution in [1.29, 1.82) is 0 Å². The van der Waals surface area contributed by atoms with Crippen LogP contribution in [0.5, 0.6) is 0 Å². The fourth-order valence-electron chi connectivity index (χ4n) is 2.88. The summed E-state index contributed by atoms with van der Waals surface area (Å²) >= 11 is 0. The highest BCUT2D eigenvalue weighted by atomic mass is 16.5. The molecule has 23 heavy (non-hydrogen) atoms. The molecule has 5 nitrogen and oxygen atoms in total. The molecule has 1 saturated heterocycles. The van der Waals surface area contributed by atoms with Gasteiger partial charge in [-0.15, -0.1) is 0 Å². The van der Waals surface area contributed by atoms with Crippen LogP contribution in [0.25, 0.3) is 10.9 Å². The predicted octanol–water partition coefficient (Wildman–Crippen LogP) is 2.27. The number of rotatable bonds is 8. The van der Waals surface area contributed by atoms with Gasteiger partial charge in [0.1, 0.15) is 0 Å². The van der Waals surface area contributed by atoms with E-state index in [1.807, 2.05) is 30.5 Å². The first-order valence-electron chi connectivity index (χ1n) is 8.30. The van der Waals surface area contributed by atoms with E-state index in [0.717, 1.165) is 49.1 Å². The molecule has 0 saturated carbocycles. The summed E-state index contributed by atoms with van der Waals surface area (Å²) in [5.74, 6) is 0.602. The number of carbonyl (C=O) groups is 1. The second-order valence-electron chi connectivity index (χ2n) is 6.04. The number of amides is 1. The maximum absolute atomic E-state index is 12.0. The first-order valence-corrected chi connectivity index (χ1v) is 8.30. The SMILES string of the molecule is O=C(Cc1c[nH]c2ccccc12)NCCCOCC1CCOC1. The van der Waals surface area contributed by atoms with E-state index in [4.69, 9.17) is 9.47 Å². The molecule has 0 spiro atoms. The summed E-state index contributed by atoms with van der Waals surface area (Å²) < 4.78 is 10.9. The maximum Gasteiger partial charge on any atom is 0.224 e. The summed E-state index contributed by atoms with van der Waals surface area (Å²) in [5.41, 5.74) is 2.11. The second kappa shape index (κ2) is 8.13. The summed E-state index contributed by atoms with van der Waals surface area (Å²) in [6.45, 7) is 3.79. The van der Waals surface area contributed by atoms with Crippen LogP contribution in [0, 0.1) is 5.92 Å². The number of aromatic nitrogens is 1. The molecule has 1 aliphatic heterocycles. The van der Waals surface area contributed by atoms with E-state index in [-0.39, 0.29) is 5.91 Å². The molecule has 124 valence electrons. The quantitative estimate of drug-likeness (QED) is 0.734. The number of hydrogen-bond donors (Lipinski definition) is 2. The standard InChI is InChI=1S/C18H24N2O3/c21-18(10-15-11-20-17-5-2-1-4-16(15)17)19-7-3-8-22-12-14-6-9-23-13-14/h1-2,4-5,11,14,20H,3,6-10,12-13H2,(H,19,21). The Labute approximate surface area is 136 Å². The number of carbonyl (C=O) groups excluding carboxylic acids is 1. The van der Waals surface area contributed by atoms with Gasteiger partial charge in [0.05, 0.1) is 19.6 Å². The van der Waals surface area contributed by atoms with Crippen molar-refractivity contribution < 1.29 is 14.3 Å². The molecule has 5 heteroatoms. The number of benzene rings is 1. The smallest absolute Gasteiger partial charge is 0.224 e.